The normalized spacial score (nSPS) is 13.8. The van der Waals surface area contributed by atoms with Gasteiger partial charge in [0.2, 0.25) is 0 Å². The van der Waals surface area contributed by atoms with E-state index >= 15 is 0 Å². The molecule has 0 heterocycles. The highest BCUT2D eigenvalue weighted by Gasteiger charge is 2.50. The van der Waals surface area contributed by atoms with Gasteiger partial charge in [-0.3, -0.25) is 0 Å². The van der Waals surface area contributed by atoms with Gasteiger partial charge in [-0.1, -0.05) is 18.5 Å². The van der Waals surface area contributed by atoms with Crippen molar-refractivity contribution in [3.05, 3.63) is 33.0 Å². The van der Waals surface area contributed by atoms with Crippen molar-refractivity contribution in [1.29, 1.82) is 0 Å². The van der Waals surface area contributed by atoms with Crippen LogP contribution in [0.3, 0.4) is 0 Å². The molecule has 0 aromatic heterocycles. The van der Waals surface area contributed by atoms with Crippen LogP contribution in [0.15, 0.2) is 16.6 Å². The summed E-state index contributed by atoms with van der Waals surface area (Å²) in [7, 11) is 0. The maximum Gasteiger partial charge on any atom is 0.326 e. The van der Waals surface area contributed by atoms with Gasteiger partial charge < -0.3 is 5.32 Å². The predicted molar refractivity (Wildman–Crippen MR) is 71.1 cm³/mol. The quantitative estimate of drug-likeness (QED) is 0.529. The van der Waals surface area contributed by atoms with Crippen LogP contribution in [0.2, 0.25) is 5.02 Å². The minimum Gasteiger partial charge on any atom is -0.305 e. The van der Waals surface area contributed by atoms with Crippen LogP contribution in [0.1, 0.15) is 24.9 Å². The fraction of sp³-hybridized carbons (Fsp3) is 0.500. The molecule has 0 fully saturated rings. The van der Waals surface area contributed by atoms with Crippen molar-refractivity contribution in [3.8, 4) is 0 Å². The molecule has 20 heavy (non-hydrogen) atoms. The molecule has 114 valence electrons. The summed E-state index contributed by atoms with van der Waals surface area (Å²) in [6, 6.07) is -0.349. The number of hydrogen-bond donors (Lipinski definition) is 1. The molecule has 1 nitrogen and oxygen atoms in total. The SMILES string of the molecule is CCCNC(c1cc(Cl)c(Br)cc1F)C(F)(F)C(F)F. The first-order chi connectivity index (χ1) is 9.21. The Balaban J connectivity index is 3.27. The van der Waals surface area contributed by atoms with Crippen LogP contribution in [-0.2, 0) is 0 Å². The van der Waals surface area contributed by atoms with Crippen LogP contribution in [0.25, 0.3) is 0 Å². The van der Waals surface area contributed by atoms with E-state index in [1.807, 2.05) is 0 Å². The summed E-state index contributed by atoms with van der Waals surface area (Å²) in [6.45, 7) is 1.72. The van der Waals surface area contributed by atoms with Crippen molar-refractivity contribution in [2.45, 2.75) is 31.7 Å². The number of halogens is 7. The standard InChI is InChI=1S/C12H12BrClF5N/c1-2-3-20-10(12(18,19)11(16)17)6-4-8(14)7(13)5-9(6)15/h4-5,10-11,20H,2-3H2,1H3. The third kappa shape index (κ3) is 3.83. The minimum absolute atomic E-state index is 0.0326. The molecule has 0 radical (unpaired) electrons. The highest BCUT2D eigenvalue weighted by atomic mass is 79.9. The predicted octanol–water partition coefficient (Wildman–Crippen LogP) is 5.18. The zero-order valence-corrected chi connectivity index (χ0v) is 12.7. The molecule has 1 rings (SSSR count). The maximum atomic E-state index is 13.8. The Morgan fingerprint density at radius 1 is 1.35 bits per heavy atom. The number of rotatable bonds is 6. The van der Waals surface area contributed by atoms with E-state index in [2.05, 4.69) is 21.2 Å². The highest BCUT2D eigenvalue weighted by Crippen LogP contribution is 2.39. The average Bonchev–Trinajstić information content (AvgIpc) is 2.35. The van der Waals surface area contributed by atoms with Gasteiger partial charge >= 0.3 is 12.3 Å². The van der Waals surface area contributed by atoms with Gasteiger partial charge in [0.25, 0.3) is 0 Å². The molecule has 1 aromatic carbocycles. The second-order valence-electron chi connectivity index (χ2n) is 4.15. The number of alkyl halides is 4. The zero-order chi connectivity index (χ0) is 15.5. The molecule has 0 saturated heterocycles. The van der Waals surface area contributed by atoms with Crippen molar-refractivity contribution in [2.24, 2.45) is 0 Å². The van der Waals surface area contributed by atoms with Crippen molar-refractivity contribution in [1.82, 2.24) is 5.32 Å². The van der Waals surface area contributed by atoms with Gasteiger partial charge in [0.05, 0.1) is 5.02 Å². The fourth-order valence-electron chi connectivity index (χ4n) is 1.63. The smallest absolute Gasteiger partial charge is 0.305 e. The van der Waals surface area contributed by atoms with Crippen molar-refractivity contribution >= 4 is 27.5 Å². The van der Waals surface area contributed by atoms with E-state index < -0.39 is 29.8 Å². The molecule has 0 saturated carbocycles. The summed E-state index contributed by atoms with van der Waals surface area (Å²) in [5, 5.41) is 2.22. The molecule has 8 heteroatoms. The third-order valence-corrected chi connectivity index (χ3v) is 3.82. The molecule has 1 aromatic rings. The van der Waals surface area contributed by atoms with E-state index in [1.54, 1.807) is 6.92 Å². The second-order valence-corrected chi connectivity index (χ2v) is 5.41. The monoisotopic (exact) mass is 379 g/mol. The van der Waals surface area contributed by atoms with Crippen molar-refractivity contribution in [2.75, 3.05) is 6.54 Å². The summed E-state index contributed by atoms with van der Waals surface area (Å²) >= 11 is 8.65. The molecule has 0 aliphatic carbocycles. The fourth-order valence-corrected chi connectivity index (χ4v) is 2.11. The third-order valence-electron chi connectivity index (χ3n) is 2.62. The lowest BCUT2D eigenvalue weighted by Crippen LogP contribution is -2.43. The van der Waals surface area contributed by atoms with Crippen molar-refractivity contribution < 1.29 is 22.0 Å². The molecule has 0 aliphatic heterocycles. The van der Waals surface area contributed by atoms with Gasteiger partial charge in [0.1, 0.15) is 11.9 Å². The Hall–Kier alpha value is -0.400. The molecule has 0 bridgehead atoms. The number of benzene rings is 1. The lowest BCUT2D eigenvalue weighted by atomic mass is 9.99. The van der Waals surface area contributed by atoms with Gasteiger partial charge in [0.15, 0.2) is 0 Å². The van der Waals surface area contributed by atoms with Crippen LogP contribution in [0, 0.1) is 5.82 Å². The van der Waals surface area contributed by atoms with E-state index in [0.29, 0.717) is 6.42 Å². The first kappa shape index (κ1) is 17.7. The van der Waals surface area contributed by atoms with Gasteiger partial charge in [-0.25, -0.2) is 13.2 Å². The lowest BCUT2D eigenvalue weighted by Gasteiger charge is -2.28. The molecule has 1 N–H and O–H groups in total. The molecule has 1 atom stereocenters. The van der Waals surface area contributed by atoms with Crippen LogP contribution in [-0.4, -0.2) is 18.9 Å². The molecular formula is C12H12BrClF5N. The van der Waals surface area contributed by atoms with Gasteiger partial charge in [-0.05, 0) is 41.0 Å². The Labute approximate surface area is 126 Å². The highest BCUT2D eigenvalue weighted by molar-refractivity contribution is 9.10. The second kappa shape index (κ2) is 7.04. The van der Waals surface area contributed by atoms with E-state index in [9.17, 15) is 22.0 Å². The van der Waals surface area contributed by atoms with Crippen LogP contribution in [0.4, 0.5) is 22.0 Å². The Morgan fingerprint density at radius 3 is 2.45 bits per heavy atom. The zero-order valence-electron chi connectivity index (χ0n) is 10.4. The summed E-state index contributed by atoms with van der Waals surface area (Å²) < 4.78 is 66.2. The van der Waals surface area contributed by atoms with E-state index in [4.69, 9.17) is 11.6 Å². The summed E-state index contributed by atoms with van der Waals surface area (Å²) in [5.41, 5.74) is -0.586. The number of nitrogens with one attached hydrogen (secondary N) is 1. The van der Waals surface area contributed by atoms with E-state index in [1.165, 1.54) is 0 Å². The Bertz CT molecular complexity index is 469. The van der Waals surface area contributed by atoms with Gasteiger partial charge in [-0.15, -0.1) is 0 Å². The minimum atomic E-state index is -4.41. The van der Waals surface area contributed by atoms with Crippen molar-refractivity contribution in [3.63, 3.8) is 0 Å². The van der Waals surface area contributed by atoms with Crippen LogP contribution < -0.4 is 5.32 Å². The van der Waals surface area contributed by atoms with Gasteiger partial charge in [0, 0.05) is 10.0 Å². The summed E-state index contributed by atoms with van der Waals surface area (Å²) in [5.74, 6) is -5.44. The Kier molecular flexibility index (Phi) is 6.22. The topological polar surface area (TPSA) is 12.0 Å². The first-order valence-electron chi connectivity index (χ1n) is 5.75. The molecule has 1 unspecified atom stereocenters. The number of hydrogen-bond acceptors (Lipinski definition) is 1. The first-order valence-corrected chi connectivity index (χ1v) is 6.92. The average molecular weight is 381 g/mol. The largest absolute Gasteiger partial charge is 0.326 e. The molecule has 0 aliphatic rings. The van der Waals surface area contributed by atoms with E-state index in [-0.39, 0.29) is 16.0 Å². The van der Waals surface area contributed by atoms with Crippen LogP contribution >= 0.6 is 27.5 Å². The molecule has 0 amide bonds. The molecular weight excluding hydrogens is 368 g/mol. The van der Waals surface area contributed by atoms with E-state index in [0.717, 1.165) is 12.1 Å². The summed E-state index contributed by atoms with van der Waals surface area (Å²) in [6.07, 6.45) is -3.49. The van der Waals surface area contributed by atoms with Gasteiger partial charge in [-0.2, -0.15) is 8.78 Å². The summed E-state index contributed by atoms with van der Waals surface area (Å²) in [4.78, 5) is 0. The van der Waals surface area contributed by atoms with Crippen LogP contribution in [0.5, 0.6) is 0 Å². The lowest BCUT2D eigenvalue weighted by molar-refractivity contribution is -0.152. The Morgan fingerprint density at radius 2 is 1.95 bits per heavy atom. The molecule has 0 spiro atoms. The maximum absolute atomic E-state index is 13.8.